The fraction of sp³-hybridized carbons (Fsp3) is 0.500. The molecule has 0 atom stereocenters. The molecule has 2 heterocycles. The largest absolute Gasteiger partial charge is 0.358 e. The zero-order chi connectivity index (χ0) is 17.2. The Bertz CT molecular complexity index is 842. The van der Waals surface area contributed by atoms with Gasteiger partial charge < -0.3 is 14.8 Å². The summed E-state index contributed by atoms with van der Waals surface area (Å²) in [5, 5.41) is 8.99. The predicted molar refractivity (Wildman–Crippen MR) is 99.5 cm³/mol. The number of hydrogen-bond donors (Lipinski definition) is 2. The van der Waals surface area contributed by atoms with Gasteiger partial charge in [0, 0.05) is 35.6 Å². The first-order valence-corrected chi connectivity index (χ1v) is 9.34. The fourth-order valence-electron chi connectivity index (χ4n) is 3.87. The summed E-state index contributed by atoms with van der Waals surface area (Å²) in [6.07, 6.45) is 6.01. The summed E-state index contributed by atoms with van der Waals surface area (Å²) < 4.78 is 5.48. The molecule has 2 aromatic heterocycles. The molecule has 5 nitrogen and oxygen atoms in total. The van der Waals surface area contributed by atoms with E-state index in [2.05, 4.69) is 46.4 Å². The van der Waals surface area contributed by atoms with Gasteiger partial charge in [-0.15, -0.1) is 0 Å². The van der Waals surface area contributed by atoms with Crippen LogP contribution in [0.25, 0.3) is 22.3 Å². The first kappa shape index (κ1) is 16.3. The molecule has 1 saturated carbocycles. The van der Waals surface area contributed by atoms with E-state index in [1.165, 1.54) is 25.7 Å². The van der Waals surface area contributed by atoms with Crippen LogP contribution in [0.3, 0.4) is 0 Å². The highest BCUT2D eigenvalue weighted by atomic mass is 16.5. The van der Waals surface area contributed by atoms with Gasteiger partial charge in [-0.1, -0.05) is 30.3 Å². The minimum absolute atomic E-state index is 0.648. The normalized spacial score (nSPS) is 21.0. The SMILES string of the molecule is Cc1[nH]c2ccccc2c1-c1noc(CCNC2CCC(C)CC2)n1. The summed E-state index contributed by atoms with van der Waals surface area (Å²) in [5.41, 5.74) is 3.22. The number of aromatic amines is 1. The Labute approximate surface area is 148 Å². The molecule has 0 amide bonds. The maximum atomic E-state index is 5.48. The maximum Gasteiger partial charge on any atom is 0.228 e. The molecule has 0 unspecified atom stereocenters. The van der Waals surface area contributed by atoms with Crippen LogP contribution in [0.4, 0.5) is 0 Å². The van der Waals surface area contributed by atoms with E-state index in [0.717, 1.165) is 41.0 Å². The van der Waals surface area contributed by atoms with Crippen molar-refractivity contribution >= 4 is 10.9 Å². The lowest BCUT2D eigenvalue weighted by Crippen LogP contribution is -2.34. The van der Waals surface area contributed by atoms with Crippen LogP contribution in [-0.2, 0) is 6.42 Å². The summed E-state index contributed by atoms with van der Waals surface area (Å²) in [7, 11) is 0. The standard InChI is InChI=1S/C20H26N4O/c1-13-7-9-15(10-8-13)21-12-11-18-23-20(24-25-18)19-14(2)22-17-6-4-3-5-16(17)19/h3-6,13,15,21-22H,7-12H2,1-2H3. The molecule has 2 N–H and O–H groups in total. The van der Waals surface area contributed by atoms with Gasteiger partial charge in [0.2, 0.25) is 11.7 Å². The Morgan fingerprint density at radius 3 is 2.84 bits per heavy atom. The molecule has 0 bridgehead atoms. The lowest BCUT2D eigenvalue weighted by Gasteiger charge is -2.26. The molecule has 25 heavy (non-hydrogen) atoms. The first-order valence-electron chi connectivity index (χ1n) is 9.34. The van der Waals surface area contributed by atoms with Crippen LogP contribution in [-0.4, -0.2) is 27.7 Å². The molecule has 0 spiro atoms. The van der Waals surface area contributed by atoms with Crippen molar-refractivity contribution in [3.63, 3.8) is 0 Å². The molecule has 132 valence electrons. The number of para-hydroxylation sites is 1. The third-order valence-corrected chi connectivity index (χ3v) is 5.37. The topological polar surface area (TPSA) is 66.7 Å². The average Bonchev–Trinajstić information content (AvgIpc) is 3.19. The highest BCUT2D eigenvalue weighted by molar-refractivity contribution is 5.95. The minimum Gasteiger partial charge on any atom is -0.358 e. The van der Waals surface area contributed by atoms with Crippen LogP contribution in [0, 0.1) is 12.8 Å². The molecule has 1 aliphatic carbocycles. The van der Waals surface area contributed by atoms with E-state index in [-0.39, 0.29) is 0 Å². The van der Waals surface area contributed by atoms with E-state index in [9.17, 15) is 0 Å². The molecule has 5 heteroatoms. The highest BCUT2D eigenvalue weighted by Gasteiger charge is 2.19. The summed E-state index contributed by atoms with van der Waals surface area (Å²) in [6.45, 7) is 5.30. The average molecular weight is 338 g/mol. The van der Waals surface area contributed by atoms with Gasteiger partial charge >= 0.3 is 0 Å². The van der Waals surface area contributed by atoms with Gasteiger partial charge in [-0.25, -0.2) is 0 Å². The van der Waals surface area contributed by atoms with Gasteiger partial charge in [-0.3, -0.25) is 0 Å². The Balaban J connectivity index is 1.41. The van der Waals surface area contributed by atoms with Gasteiger partial charge in [0.15, 0.2) is 0 Å². The van der Waals surface area contributed by atoms with Crippen molar-refractivity contribution in [2.45, 2.75) is 52.0 Å². The molecule has 1 aromatic carbocycles. The smallest absolute Gasteiger partial charge is 0.228 e. The van der Waals surface area contributed by atoms with Crippen molar-refractivity contribution in [2.24, 2.45) is 5.92 Å². The molecule has 4 rings (SSSR count). The fourth-order valence-corrected chi connectivity index (χ4v) is 3.87. The van der Waals surface area contributed by atoms with Gasteiger partial charge in [-0.05, 0) is 44.6 Å². The van der Waals surface area contributed by atoms with Gasteiger partial charge in [0.1, 0.15) is 0 Å². The molecular formula is C20H26N4O. The third-order valence-electron chi connectivity index (χ3n) is 5.37. The molecule has 3 aromatic rings. The lowest BCUT2D eigenvalue weighted by atomic mass is 9.87. The summed E-state index contributed by atoms with van der Waals surface area (Å²) in [5.74, 6) is 2.27. The molecular weight excluding hydrogens is 312 g/mol. The minimum atomic E-state index is 0.648. The van der Waals surface area contributed by atoms with Crippen LogP contribution in [0.15, 0.2) is 28.8 Å². The van der Waals surface area contributed by atoms with E-state index >= 15 is 0 Å². The summed E-state index contributed by atoms with van der Waals surface area (Å²) in [6, 6.07) is 8.88. The van der Waals surface area contributed by atoms with Gasteiger partial charge in [0.05, 0.1) is 5.56 Å². The first-order chi connectivity index (χ1) is 12.2. The zero-order valence-corrected chi connectivity index (χ0v) is 15.0. The molecule has 1 fully saturated rings. The van der Waals surface area contributed by atoms with Crippen molar-refractivity contribution in [3.05, 3.63) is 35.9 Å². The van der Waals surface area contributed by atoms with Crippen LogP contribution < -0.4 is 5.32 Å². The van der Waals surface area contributed by atoms with E-state index in [1.54, 1.807) is 0 Å². The van der Waals surface area contributed by atoms with Crippen molar-refractivity contribution < 1.29 is 4.52 Å². The van der Waals surface area contributed by atoms with Crippen molar-refractivity contribution in [1.29, 1.82) is 0 Å². The monoisotopic (exact) mass is 338 g/mol. The number of nitrogens with one attached hydrogen (secondary N) is 2. The van der Waals surface area contributed by atoms with Gasteiger partial charge in [0.25, 0.3) is 0 Å². The number of aryl methyl sites for hydroxylation is 1. The zero-order valence-electron chi connectivity index (χ0n) is 15.0. The van der Waals surface area contributed by atoms with Crippen molar-refractivity contribution in [3.8, 4) is 11.4 Å². The van der Waals surface area contributed by atoms with E-state index < -0.39 is 0 Å². The third kappa shape index (κ3) is 3.47. The number of nitrogens with zero attached hydrogens (tertiary/aromatic N) is 2. The second kappa shape index (κ2) is 7.00. The summed E-state index contributed by atoms with van der Waals surface area (Å²) >= 11 is 0. The van der Waals surface area contributed by atoms with Gasteiger partial charge in [-0.2, -0.15) is 4.98 Å². The van der Waals surface area contributed by atoms with Crippen LogP contribution in [0.1, 0.15) is 44.2 Å². The Kier molecular flexibility index (Phi) is 4.57. The van der Waals surface area contributed by atoms with E-state index in [4.69, 9.17) is 4.52 Å². The van der Waals surface area contributed by atoms with Crippen molar-refractivity contribution in [2.75, 3.05) is 6.54 Å². The van der Waals surface area contributed by atoms with Crippen LogP contribution in [0.5, 0.6) is 0 Å². The number of H-pyrrole nitrogens is 1. The molecule has 0 aliphatic heterocycles. The van der Waals surface area contributed by atoms with E-state index in [0.29, 0.717) is 17.8 Å². The number of fused-ring (bicyclic) bond motifs is 1. The highest BCUT2D eigenvalue weighted by Crippen LogP contribution is 2.30. The molecule has 1 aliphatic rings. The second-order valence-electron chi connectivity index (χ2n) is 7.34. The maximum absolute atomic E-state index is 5.48. The predicted octanol–water partition coefficient (Wildman–Crippen LogP) is 4.24. The Morgan fingerprint density at radius 2 is 2.00 bits per heavy atom. The van der Waals surface area contributed by atoms with E-state index in [1.807, 2.05) is 12.1 Å². The lowest BCUT2D eigenvalue weighted by molar-refractivity contribution is 0.303. The molecule has 0 saturated heterocycles. The van der Waals surface area contributed by atoms with Crippen LogP contribution >= 0.6 is 0 Å². The van der Waals surface area contributed by atoms with Crippen molar-refractivity contribution in [1.82, 2.24) is 20.4 Å². The molecule has 0 radical (unpaired) electrons. The second-order valence-corrected chi connectivity index (χ2v) is 7.34. The van der Waals surface area contributed by atoms with Crippen LogP contribution in [0.2, 0.25) is 0 Å². The summed E-state index contributed by atoms with van der Waals surface area (Å²) in [4.78, 5) is 8.01. The number of aromatic nitrogens is 3. The number of benzene rings is 1. The Hall–Kier alpha value is -2.14. The number of hydrogen-bond acceptors (Lipinski definition) is 4. The quantitative estimate of drug-likeness (QED) is 0.730. The Morgan fingerprint density at radius 1 is 1.20 bits per heavy atom. The number of rotatable bonds is 5.